The zero-order valence-corrected chi connectivity index (χ0v) is 15.3. The average molecular weight is 395 g/mol. The van der Waals surface area contributed by atoms with Crippen molar-refractivity contribution in [2.75, 3.05) is 26.4 Å². The lowest BCUT2D eigenvalue weighted by Gasteiger charge is -2.19. The van der Waals surface area contributed by atoms with E-state index in [1.54, 1.807) is 18.2 Å². The SMILES string of the molecule is CC(C)(C)OC(=O)NCCOCCOc1ccc(Cl)cc1Br. The minimum absolute atomic E-state index is 0.388. The van der Waals surface area contributed by atoms with Gasteiger partial charge in [0.2, 0.25) is 0 Å². The molecule has 0 heterocycles. The van der Waals surface area contributed by atoms with E-state index >= 15 is 0 Å². The third kappa shape index (κ3) is 8.46. The quantitative estimate of drug-likeness (QED) is 0.710. The van der Waals surface area contributed by atoms with Crippen LogP contribution in [0.2, 0.25) is 5.02 Å². The highest BCUT2D eigenvalue weighted by Crippen LogP contribution is 2.27. The number of hydrogen-bond donors (Lipinski definition) is 1. The normalized spacial score (nSPS) is 11.1. The summed E-state index contributed by atoms with van der Waals surface area (Å²) in [7, 11) is 0. The van der Waals surface area contributed by atoms with Crippen LogP contribution in [0.25, 0.3) is 0 Å². The Morgan fingerprint density at radius 3 is 2.64 bits per heavy atom. The second kappa shape index (κ2) is 9.22. The Morgan fingerprint density at radius 2 is 2.00 bits per heavy atom. The first-order chi connectivity index (χ1) is 10.3. The van der Waals surface area contributed by atoms with Gasteiger partial charge in [0.15, 0.2) is 0 Å². The molecule has 0 fully saturated rings. The van der Waals surface area contributed by atoms with Crippen molar-refractivity contribution in [3.05, 3.63) is 27.7 Å². The third-order valence-electron chi connectivity index (χ3n) is 2.29. The molecule has 7 heteroatoms. The highest BCUT2D eigenvalue weighted by Gasteiger charge is 2.15. The molecule has 0 unspecified atom stereocenters. The standard InChI is InChI=1S/C15H21BrClNO4/c1-15(2,3)22-14(19)18-6-7-20-8-9-21-13-5-4-11(17)10-12(13)16/h4-5,10H,6-9H2,1-3H3,(H,18,19). The van der Waals surface area contributed by atoms with Gasteiger partial charge in [-0.3, -0.25) is 0 Å². The minimum Gasteiger partial charge on any atom is -0.490 e. The summed E-state index contributed by atoms with van der Waals surface area (Å²) >= 11 is 9.22. The second-order valence-corrected chi connectivity index (χ2v) is 6.76. The van der Waals surface area contributed by atoms with Crippen LogP contribution in [-0.2, 0) is 9.47 Å². The Balaban J connectivity index is 2.07. The minimum atomic E-state index is -0.495. The first-order valence-corrected chi connectivity index (χ1v) is 8.07. The van der Waals surface area contributed by atoms with Crippen LogP contribution in [-0.4, -0.2) is 38.1 Å². The van der Waals surface area contributed by atoms with Crippen molar-refractivity contribution >= 4 is 33.6 Å². The molecule has 22 heavy (non-hydrogen) atoms. The predicted octanol–water partition coefficient (Wildman–Crippen LogP) is 4.02. The van der Waals surface area contributed by atoms with Gasteiger partial charge in [-0.1, -0.05) is 11.6 Å². The zero-order chi connectivity index (χ0) is 16.6. The van der Waals surface area contributed by atoms with E-state index in [1.807, 2.05) is 20.8 Å². The maximum atomic E-state index is 11.4. The number of carbonyl (C=O) groups excluding carboxylic acids is 1. The molecule has 0 bridgehead atoms. The molecule has 124 valence electrons. The van der Waals surface area contributed by atoms with E-state index in [2.05, 4.69) is 21.2 Å². The molecule has 0 aliphatic rings. The summed E-state index contributed by atoms with van der Waals surface area (Å²) in [4.78, 5) is 11.4. The molecule has 1 aromatic carbocycles. The molecule has 0 aliphatic heterocycles. The summed E-state index contributed by atoms with van der Waals surface area (Å²) < 4.78 is 16.8. The average Bonchev–Trinajstić information content (AvgIpc) is 2.37. The number of carbonyl (C=O) groups is 1. The second-order valence-electron chi connectivity index (χ2n) is 5.46. The molecule has 1 aromatic rings. The lowest BCUT2D eigenvalue weighted by Crippen LogP contribution is -2.34. The molecule has 1 N–H and O–H groups in total. The molecule has 5 nitrogen and oxygen atoms in total. The summed E-state index contributed by atoms with van der Waals surface area (Å²) in [6, 6.07) is 5.31. The van der Waals surface area contributed by atoms with E-state index in [0.717, 1.165) is 4.47 Å². The highest BCUT2D eigenvalue weighted by molar-refractivity contribution is 9.10. The summed E-state index contributed by atoms with van der Waals surface area (Å²) in [5.41, 5.74) is -0.495. The first kappa shape index (κ1) is 19.1. The number of ether oxygens (including phenoxy) is 3. The number of hydrogen-bond acceptors (Lipinski definition) is 4. The lowest BCUT2D eigenvalue weighted by molar-refractivity contribution is 0.0489. The molecular weight excluding hydrogens is 374 g/mol. The highest BCUT2D eigenvalue weighted by atomic mass is 79.9. The van der Waals surface area contributed by atoms with Gasteiger partial charge < -0.3 is 19.5 Å². The van der Waals surface area contributed by atoms with Gasteiger partial charge in [0.1, 0.15) is 18.0 Å². The number of rotatable bonds is 7. The van der Waals surface area contributed by atoms with Gasteiger partial charge in [0.25, 0.3) is 0 Å². The van der Waals surface area contributed by atoms with Crippen molar-refractivity contribution in [2.45, 2.75) is 26.4 Å². The molecule has 0 aliphatic carbocycles. The number of halogens is 2. The van der Waals surface area contributed by atoms with Crippen LogP contribution in [0.5, 0.6) is 5.75 Å². The fourth-order valence-electron chi connectivity index (χ4n) is 1.44. The topological polar surface area (TPSA) is 56.8 Å². The summed E-state index contributed by atoms with van der Waals surface area (Å²) in [5, 5.41) is 3.26. The van der Waals surface area contributed by atoms with Crippen molar-refractivity contribution in [1.29, 1.82) is 0 Å². The van der Waals surface area contributed by atoms with Gasteiger partial charge in [-0.25, -0.2) is 4.79 Å². The van der Waals surface area contributed by atoms with E-state index in [9.17, 15) is 4.79 Å². The Kier molecular flexibility index (Phi) is 8.00. The molecule has 0 saturated carbocycles. The van der Waals surface area contributed by atoms with E-state index in [-0.39, 0.29) is 0 Å². The first-order valence-electron chi connectivity index (χ1n) is 6.90. The van der Waals surface area contributed by atoms with Crippen molar-refractivity contribution < 1.29 is 19.0 Å². The monoisotopic (exact) mass is 393 g/mol. The van der Waals surface area contributed by atoms with Gasteiger partial charge in [0, 0.05) is 11.6 Å². The van der Waals surface area contributed by atoms with Gasteiger partial charge in [-0.05, 0) is 54.9 Å². The lowest BCUT2D eigenvalue weighted by atomic mass is 10.2. The van der Waals surface area contributed by atoms with Crippen LogP contribution in [0.4, 0.5) is 4.79 Å². The molecular formula is C15H21BrClNO4. The summed E-state index contributed by atoms with van der Waals surface area (Å²) in [6.45, 7) is 7.06. The fourth-order valence-corrected chi connectivity index (χ4v) is 2.24. The van der Waals surface area contributed by atoms with E-state index in [0.29, 0.717) is 37.1 Å². The molecule has 0 atom stereocenters. The van der Waals surface area contributed by atoms with E-state index in [4.69, 9.17) is 25.8 Å². The van der Waals surface area contributed by atoms with Crippen LogP contribution in [0.3, 0.4) is 0 Å². The van der Waals surface area contributed by atoms with Crippen LogP contribution in [0.1, 0.15) is 20.8 Å². The van der Waals surface area contributed by atoms with Gasteiger partial charge in [-0.15, -0.1) is 0 Å². The zero-order valence-electron chi connectivity index (χ0n) is 12.9. The molecule has 0 saturated heterocycles. The number of amides is 1. The van der Waals surface area contributed by atoms with E-state index < -0.39 is 11.7 Å². The fraction of sp³-hybridized carbons (Fsp3) is 0.533. The Bertz CT molecular complexity index is 491. The van der Waals surface area contributed by atoms with Crippen molar-refractivity contribution in [3.8, 4) is 5.75 Å². The van der Waals surface area contributed by atoms with Gasteiger partial charge in [0.05, 0.1) is 17.7 Å². The predicted molar refractivity (Wildman–Crippen MR) is 89.7 cm³/mol. The molecule has 0 radical (unpaired) electrons. The van der Waals surface area contributed by atoms with Gasteiger partial charge >= 0.3 is 6.09 Å². The summed E-state index contributed by atoms with van der Waals surface area (Å²) in [6.07, 6.45) is -0.447. The number of alkyl carbamates (subject to hydrolysis) is 1. The van der Waals surface area contributed by atoms with Gasteiger partial charge in [-0.2, -0.15) is 0 Å². The van der Waals surface area contributed by atoms with Crippen LogP contribution >= 0.6 is 27.5 Å². The Hall–Kier alpha value is -0.980. The van der Waals surface area contributed by atoms with Crippen molar-refractivity contribution in [1.82, 2.24) is 5.32 Å². The Labute approximate surface area is 144 Å². The third-order valence-corrected chi connectivity index (χ3v) is 3.15. The maximum absolute atomic E-state index is 11.4. The van der Waals surface area contributed by atoms with Crippen LogP contribution in [0.15, 0.2) is 22.7 Å². The number of nitrogens with one attached hydrogen (secondary N) is 1. The molecule has 0 aromatic heterocycles. The Morgan fingerprint density at radius 1 is 1.27 bits per heavy atom. The molecule has 0 spiro atoms. The number of benzene rings is 1. The smallest absolute Gasteiger partial charge is 0.407 e. The summed E-state index contributed by atoms with van der Waals surface area (Å²) in [5.74, 6) is 0.708. The van der Waals surface area contributed by atoms with Crippen LogP contribution in [0, 0.1) is 0 Å². The van der Waals surface area contributed by atoms with Crippen molar-refractivity contribution in [2.24, 2.45) is 0 Å². The molecule has 1 rings (SSSR count). The maximum Gasteiger partial charge on any atom is 0.407 e. The van der Waals surface area contributed by atoms with E-state index in [1.165, 1.54) is 0 Å². The largest absolute Gasteiger partial charge is 0.490 e. The van der Waals surface area contributed by atoms with Crippen LogP contribution < -0.4 is 10.1 Å². The molecule has 1 amide bonds. The van der Waals surface area contributed by atoms with Crippen molar-refractivity contribution in [3.63, 3.8) is 0 Å².